The highest BCUT2D eigenvalue weighted by molar-refractivity contribution is 7.11. The Balaban J connectivity index is 1.80. The summed E-state index contributed by atoms with van der Waals surface area (Å²) in [5, 5.41) is 5.81. The van der Waals surface area contributed by atoms with Gasteiger partial charge in [-0.05, 0) is 13.0 Å². The van der Waals surface area contributed by atoms with Gasteiger partial charge in [0.1, 0.15) is 11.9 Å². The van der Waals surface area contributed by atoms with Gasteiger partial charge in [0.05, 0.1) is 25.4 Å². The Morgan fingerprint density at radius 3 is 2.87 bits per heavy atom. The van der Waals surface area contributed by atoms with E-state index >= 15 is 0 Å². The van der Waals surface area contributed by atoms with Crippen LogP contribution in [-0.2, 0) is 14.3 Å². The maximum atomic E-state index is 14.7. The summed E-state index contributed by atoms with van der Waals surface area (Å²) in [4.78, 5) is 24.2. The number of nitrogens with zero attached hydrogens (tertiary/aromatic N) is 3. The zero-order valence-electron chi connectivity index (χ0n) is 16.6. The molecule has 0 saturated carbocycles. The van der Waals surface area contributed by atoms with Gasteiger partial charge >= 0.3 is 5.97 Å². The van der Waals surface area contributed by atoms with Crippen LogP contribution in [0.25, 0.3) is 0 Å². The van der Waals surface area contributed by atoms with Crippen molar-refractivity contribution < 1.29 is 18.7 Å². The number of ether oxygens (including phenoxy) is 2. The lowest BCUT2D eigenvalue weighted by molar-refractivity contribution is -0.139. The summed E-state index contributed by atoms with van der Waals surface area (Å²) in [6.45, 7) is 5.20. The average molecular weight is 431 g/mol. The van der Waals surface area contributed by atoms with Gasteiger partial charge in [0.2, 0.25) is 0 Å². The zero-order chi connectivity index (χ0) is 20.9. The Bertz CT molecular complexity index is 955. The number of rotatable bonds is 6. The van der Waals surface area contributed by atoms with Crippen LogP contribution in [0, 0.1) is 5.82 Å². The molecular weight excluding hydrogens is 407 g/mol. The van der Waals surface area contributed by atoms with Crippen molar-refractivity contribution in [2.45, 2.75) is 13.0 Å². The molecule has 1 atom stereocenters. The van der Waals surface area contributed by atoms with Crippen LogP contribution in [0.4, 0.5) is 4.39 Å². The van der Waals surface area contributed by atoms with E-state index in [1.807, 2.05) is 5.38 Å². The van der Waals surface area contributed by atoms with Crippen molar-refractivity contribution in [2.75, 3.05) is 39.5 Å². The molecule has 1 aromatic heterocycles. The highest BCUT2D eigenvalue weighted by Gasteiger charge is 2.34. The Morgan fingerprint density at radius 2 is 2.17 bits per heavy atom. The van der Waals surface area contributed by atoms with Gasteiger partial charge in [-0.3, -0.25) is 9.89 Å². The molecule has 0 bridgehead atoms. The van der Waals surface area contributed by atoms with E-state index in [1.165, 1.54) is 17.4 Å². The number of benzene rings is 1. The maximum Gasteiger partial charge on any atom is 0.338 e. The topological polar surface area (TPSA) is 76.0 Å². The number of hydrogen-bond donors (Lipinski definition) is 1. The molecule has 30 heavy (non-hydrogen) atoms. The standard InChI is InChI=1S/C21H23FN4O3S/c1-2-29-21(27)17-16(13-26-8-10-28-11-9-26)24-19(20-23-7-12-30-20)25-18(17)14-5-3-4-6-15(14)22/h3-7,12,18H,2,8-11,13H2,1H3,(H,24,25). The molecule has 2 aliphatic heterocycles. The fourth-order valence-electron chi connectivity index (χ4n) is 3.52. The number of aliphatic imine (C=N–C) groups is 1. The lowest BCUT2D eigenvalue weighted by Gasteiger charge is -2.32. The van der Waals surface area contributed by atoms with E-state index in [-0.39, 0.29) is 6.61 Å². The van der Waals surface area contributed by atoms with Gasteiger partial charge in [-0.1, -0.05) is 18.2 Å². The second-order valence-electron chi connectivity index (χ2n) is 6.87. The monoisotopic (exact) mass is 430 g/mol. The van der Waals surface area contributed by atoms with Crippen molar-refractivity contribution in [3.63, 3.8) is 0 Å². The molecule has 4 rings (SSSR count). The third-order valence-electron chi connectivity index (χ3n) is 4.94. The fraction of sp³-hybridized carbons (Fsp3) is 0.381. The van der Waals surface area contributed by atoms with Gasteiger partial charge in [-0.25, -0.2) is 14.2 Å². The summed E-state index contributed by atoms with van der Waals surface area (Å²) in [5.41, 5.74) is 1.31. The fourth-order valence-corrected chi connectivity index (χ4v) is 4.11. The first-order valence-corrected chi connectivity index (χ1v) is 10.7. The second-order valence-corrected chi connectivity index (χ2v) is 7.76. The number of aromatic nitrogens is 1. The van der Waals surface area contributed by atoms with Gasteiger partial charge in [0.25, 0.3) is 0 Å². The number of carbonyl (C=O) groups is 1. The van der Waals surface area contributed by atoms with Gasteiger partial charge in [-0.15, -0.1) is 11.3 Å². The highest BCUT2D eigenvalue weighted by Crippen LogP contribution is 2.34. The lowest BCUT2D eigenvalue weighted by Crippen LogP contribution is -2.43. The molecule has 0 spiro atoms. The molecule has 1 fully saturated rings. The second kappa shape index (κ2) is 9.46. The van der Waals surface area contributed by atoms with Crippen LogP contribution in [0.5, 0.6) is 0 Å². The third kappa shape index (κ3) is 4.43. The number of nitrogens with one attached hydrogen (secondary N) is 1. The number of thiazole rings is 1. The van der Waals surface area contributed by atoms with Crippen LogP contribution in [-0.4, -0.2) is 61.1 Å². The molecule has 9 heteroatoms. The SMILES string of the molecule is CCOC(=O)C1=C(CN2CCOCC2)NC(c2nccs2)=NC1c1ccccc1F. The Labute approximate surface area is 178 Å². The van der Waals surface area contributed by atoms with Crippen molar-refractivity contribution in [2.24, 2.45) is 4.99 Å². The van der Waals surface area contributed by atoms with Crippen molar-refractivity contribution >= 4 is 23.1 Å². The van der Waals surface area contributed by atoms with Crippen molar-refractivity contribution in [3.8, 4) is 0 Å². The molecule has 1 N–H and O–H groups in total. The van der Waals surface area contributed by atoms with Gasteiger partial charge in [-0.2, -0.15) is 0 Å². The van der Waals surface area contributed by atoms with Crippen LogP contribution in [0.1, 0.15) is 23.5 Å². The number of hydrogen-bond acceptors (Lipinski definition) is 8. The molecule has 2 aromatic rings. The Hall–Kier alpha value is -2.62. The highest BCUT2D eigenvalue weighted by atomic mass is 32.1. The molecule has 2 aliphatic rings. The largest absolute Gasteiger partial charge is 0.463 e. The minimum atomic E-state index is -0.818. The molecule has 1 unspecified atom stereocenters. The van der Waals surface area contributed by atoms with E-state index in [4.69, 9.17) is 14.5 Å². The number of morpholine rings is 1. The number of amidine groups is 1. The maximum absolute atomic E-state index is 14.7. The molecular formula is C21H23FN4O3S. The summed E-state index contributed by atoms with van der Waals surface area (Å²) in [6, 6.07) is 5.57. The molecule has 158 valence electrons. The van der Waals surface area contributed by atoms with Gasteiger partial charge in [0, 0.05) is 42.5 Å². The molecule has 7 nitrogen and oxygen atoms in total. The van der Waals surface area contributed by atoms with Crippen LogP contribution < -0.4 is 5.32 Å². The summed E-state index contributed by atoms with van der Waals surface area (Å²) >= 11 is 1.43. The predicted molar refractivity (Wildman–Crippen MR) is 112 cm³/mol. The van der Waals surface area contributed by atoms with Crippen molar-refractivity contribution in [1.82, 2.24) is 15.2 Å². The number of esters is 1. The van der Waals surface area contributed by atoms with E-state index in [1.54, 1.807) is 31.3 Å². The van der Waals surface area contributed by atoms with E-state index < -0.39 is 17.8 Å². The summed E-state index contributed by atoms with van der Waals surface area (Å²) in [5.74, 6) is -0.392. The molecule has 1 saturated heterocycles. The number of halogens is 1. The Kier molecular flexibility index (Phi) is 6.51. The smallest absolute Gasteiger partial charge is 0.338 e. The lowest BCUT2D eigenvalue weighted by atomic mass is 9.95. The first kappa shape index (κ1) is 20.6. The zero-order valence-corrected chi connectivity index (χ0v) is 17.5. The molecule has 0 amide bonds. The summed E-state index contributed by atoms with van der Waals surface area (Å²) < 4.78 is 25.5. The normalized spacial score (nSPS) is 19.9. The van der Waals surface area contributed by atoms with Crippen LogP contribution >= 0.6 is 11.3 Å². The molecule has 3 heterocycles. The van der Waals surface area contributed by atoms with Gasteiger partial charge < -0.3 is 14.8 Å². The van der Waals surface area contributed by atoms with E-state index in [2.05, 4.69) is 15.2 Å². The van der Waals surface area contributed by atoms with E-state index in [0.29, 0.717) is 47.4 Å². The van der Waals surface area contributed by atoms with Gasteiger partial charge in [0.15, 0.2) is 10.8 Å². The van der Waals surface area contributed by atoms with E-state index in [0.717, 1.165) is 13.1 Å². The van der Waals surface area contributed by atoms with Crippen molar-refractivity contribution in [3.05, 3.63) is 63.5 Å². The van der Waals surface area contributed by atoms with Crippen LogP contribution in [0.3, 0.4) is 0 Å². The van der Waals surface area contributed by atoms with Crippen molar-refractivity contribution in [1.29, 1.82) is 0 Å². The molecule has 1 aromatic carbocycles. The summed E-state index contributed by atoms with van der Waals surface area (Å²) in [7, 11) is 0. The molecule has 0 aliphatic carbocycles. The quantitative estimate of drug-likeness (QED) is 0.710. The first-order chi connectivity index (χ1) is 14.7. The molecule has 0 radical (unpaired) electrons. The minimum absolute atomic E-state index is 0.222. The minimum Gasteiger partial charge on any atom is -0.463 e. The van der Waals surface area contributed by atoms with E-state index in [9.17, 15) is 9.18 Å². The van der Waals surface area contributed by atoms with Crippen LogP contribution in [0.2, 0.25) is 0 Å². The van der Waals surface area contributed by atoms with Crippen LogP contribution in [0.15, 0.2) is 52.1 Å². The summed E-state index contributed by atoms with van der Waals surface area (Å²) in [6.07, 6.45) is 1.69. The third-order valence-corrected chi connectivity index (χ3v) is 5.72. The first-order valence-electron chi connectivity index (χ1n) is 9.86. The Morgan fingerprint density at radius 1 is 1.37 bits per heavy atom. The average Bonchev–Trinajstić information content (AvgIpc) is 3.29. The number of carbonyl (C=O) groups excluding carboxylic acids is 1. The predicted octanol–water partition coefficient (Wildman–Crippen LogP) is 2.52.